The van der Waals surface area contributed by atoms with Crippen LogP contribution in [0.2, 0.25) is 5.02 Å². The fraction of sp³-hybridized carbons (Fsp3) is 0.333. The number of amidine groups is 1. The van der Waals surface area contributed by atoms with E-state index in [1.165, 1.54) is 6.42 Å². The maximum Gasteiger partial charge on any atom is 0.250 e. The molecule has 0 radical (unpaired) electrons. The van der Waals surface area contributed by atoms with Gasteiger partial charge in [0.25, 0.3) is 5.91 Å². The molecule has 5 nitrogen and oxygen atoms in total. The lowest BCUT2D eigenvalue weighted by Crippen LogP contribution is -2.54. The number of fused-ring (bicyclic) bond motifs is 1. The van der Waals surface area contributed by atoms with E-state index in [4.69, 9.17) is 22.3 Å². The van der Waals surface area contributed by atoms with Crippen LogP contribution in [-0.2, 0) is 6.54 Å². The Morgan fingerprint density at radius 3 is 2.67 bits per heavy atom. The standard InChI is InChI=1S/C21H23ClN4O/c22-15-7-4-6-14(12-15)13-24-20-21(10-2-1-3-11-21)26-18-16(19(23)27)8-5-9-17(18)25-20/h4-9,12,26H,1-3,10-11,13H2,(H2,23,27)(H,24,25). The minimum Gasteiger partial charge on any atom is -0.370 e. The van der Waals surface area contributed by atoms with Crippen LogP contribution >= 0.6 is 11.6 Å². The summed E-state index contributed by atoms with van der Waals surface area (Å²) in [5.41, 5.74) is 8.52. The smallest absolute Gasteiger partial charge is 0.250 e. The molecule has 2 aromatic carbocycles. The summed E-state index contributed by atoms with van der Waals surface area (Å²) in [6.07, 6.45) is 5.41. The van der Waals surface area contributed by atoms with Crippen molar-refractivity contribution >= 4 is 34.7 Å². The first-order valence-electron chi connectivity index (χ1n) is 9.35. The first kappa shape index (κ1) is 17.9. The molecule has 0 saturated heterocycles. The van der Waals surface area contributed by atoms with Gasteiger partial charge in [0.05, 0.1) is 29.0 Å². The molecule has 1 saturated carbocycles. The number of carbonyl (C=O) groups is 1. The van der Waals surface area contributed by atoms with Crippen molar-refractivity contribution in [2.75, 3.05) is 10.6 Å². The Kier molecular flexibility index (Phi) is 4.79. The number of aliphatic imine (C=N–C) groups is 1. The molecule has 1 aliphatic heterocycles. The zero-order chi connectivity index (χ0) is 18.9. The van der Waals surface area contributed by atoms with Gasteiger partial charge in [-0.1, -0.05) is 49.1 Å². The van der Waals surface area contributed by atoms with Crippen LogP contribution in [-0.4, -0.2) is 17.3 Å². The van der Waals surface area contributed by atoms with Crippen molar-refractivity contribution < 1.29 is 4.79 Å². The van der Waals surface area contributed by atoms with Gasteiger partial charge in [-0.3, -0.25) is 9.79 Å². The van der Waals surface area contributed by atoms with Gasteiger partial charge in [0, 0.05) is 5.02 Å². The Morgan fingerprint density at radius 2 is 1.93 bits per heavy atom. The molecule has 4 N–H and O–H groups in total. The third-order valence-electron chi connectivity index (χ3n) is 5.42. The number of halogens is 1. The monoisotopic (exact) mass is 382 g/mol. The number of nitrogens with two attached hydrogens (primary N) is 1. The lowest BCUT2D eigenvalue weighted by atomic mass is 9.78. The summed E-state index contributed by atoms with van der Waals surface area (Å²) in [4.78, 5) is 16.8. The summed E-state index contributed by atoms with van der Waals surface area (Å²) in [5, 5.41) is 7.84. The number of benzene rings is 2. The predicted molar refractivity (Wildman–Crippen MR) is 111 cm³/mol. The Labute approximate surface area is 164 Å². The number of para-hydroxylation sites is 1. The first-order chi connectivity index (χ1) is 13.1. The molecule has 0 bridgehead atoms. The van der Waals surface area contributed by atoms with Gasteiger partial charge in [0.15, 0.2) is 0 Å². The minimum atomic E-state index is -0.425. The highest BCUT2D eigenvalue weighted by Crippen LogP contribution is 2.41. The highest BCUT2D eigenvalue weighted by atomic mass is 35.5. The molecule has 1 spiro atoms. The van der Waals surface area contributed by atoms with Crippen LogP contribution in [0.5, 0.6) is 0 Å². The molecule has 4 rings (SSSR count). The summed E-state index contributed by atoms with van der Waals surface area (Å²) in [6, 6.07) is 13.3. The van der Waals surface area contributed by atoms with Gasteiger partial charge in [-0.05, 0) is 42.7 Å². The molecular formula is C21H23ClN4O. The second-order valence-corrected chi connectivity index (χ2v) is 7.72. The molecule has 0 unspecified atom stereocenters. The molecule has 27 heavy (non-hydrogen) atoms. The van der Waals surface area contributed by atoms with E-state index < -0.39 is 5.91 Å². The fourth-order valence-electron chi connectivity index (χ4n) is 4.06. The molecule has 1 heterocycles. The summed E-state index contributed by atoms with van der Waals surface area (Å²) < 4.78 is 0. The first-order valence-corrected chi connectivity index (χ1v) is 9.73. The van der Waals surface area contributed by atoms with Crippen LogP contribution in [0.4, 0.5) is 11.4 Å². The van der Waals surface area contributed by atoms with Crippen molar-refractivity contribution in [1.82, 2.24) is 0 Å². The summed E-state index contributed by atoms with van der Waals surface area (Å²) in [6.45, 7) is 0.553. The lowest BCUT2D eigenvalue weighted by Gasteiger charge is -2.44. The molecule has 1 aliphatic carbocycles. The van der Waals surface area contributed by atoms with Gasteiger partial charge in [-0.25, -0.2) is 0 Å². The second-order valence-electron chi connectivity index (χ2n) is 7.28. The fourth-order valence-corrected chi connectivity index (χ4v) is 4.27. The van der Waals surface area contributed by atoms with E-state index in [1.54, 1.807) is 6.07 Å². The normalized spacial score (nSPS) is 19.2. The third-order valence-corrected chi connectivity index (χ3v) is 5.65. The maximum absolute atomic E-state index is 11.9. The summed E-state index contributed by atoms with van der Waals surface area (Å²) >= 11 is 6.10. The largest absolute Gasteiger partial charge is 0.370 e. The average molecular weight is 383 g/mol. The molecule has 140 valence electrons. The average Bonchev–Trinajstić information content (AvgIpc) is 2.66. The van der Waals surface area contributed by atoms with Gasteiger partial charge in [0.1, 0.15) is 5.84 Å². The predicted octanol–water partition coefficient (Wildman–Crippen LogP) is 4.58. The summed E-state index contributed by atoms with van der Waals surface area (Å²) in [7, 11) is 0. The zero-order valence-corrected chi connectivity index (χ0v) is 15.9. The van der Waals surface area contributed by atoms with Gasteiger partial charge >= 0.3 is 0 Å². The van der Waals surface area contributed by atoms with E-state index >= 15 is 0 Å². The van der Waals surface area contributed by atoms with E-state index in [1.807, 2.05) is 36.4 Å². The Balaban J connectivity index is 1.72. The van der Waals surface area contributed by atoms with Crippen LogP contribution in [0, 0.1) is 0 Å². The van der Waals surface area contributed by atoms with E-state index in [2.05, 4.69) is 10.6 Å². The zero-order valence-electron chi connectivity index (χ0n) is 15.1. The molecule has 1 amide bonds. The number of nitrogens with one attached hydrogen (secondary N) is 2. The number of hydrogen-bond acceptors (Lipinski definition) is 3. The third kappa shape index (κ3) is 3.52. The molecule has 0 aromatic heterocycles. The molecule has 1 fully saturated rings. The highest BCUT2D eigenvalue weighted by Gasteiger charge is 2.41. The number of carbonyl (C=O) groups excluding carboxylic acids is 1. The Morgan fingerprint density at radius 1 is 1.15 bits per heavy atom. The van der Waals surface area contributed by atoms with Crippen LogP contribution in [0.1, 0.15) is 48.0 Å². The molecule has 6 heteroatoms. The van der Waals surface area contributed by atoms with Gasteiger partial charge in [0.2, 0.25) is 0 Å². The minimum absolute atomic E-state index is 0.282. The van der Waals surface area contributed by atoms with Gasteiger partial charge in [-0.15, -0.1) is 0 Å². The lowest BCUT2D eigenvalue weighted by molar-refractivity contribution is 0.100. The van der Waals surface area contributed by atoms with Crippen molar-refractivity contribution in [3.63, 3.8) is 0 Å². The number of primary amides is 1. The van der Waals surface area contributed by atoms with Gasteiger partial charge in [-0.2, -0.15) is 0 Å². The molecule has 0 atom stereocenters. The quantitative estimate of drug-likeness (QED) is 0.727. The Hall–Kier alpha value is -2.53. The van der Waals surface area contributed by atoms with Crippen molar-refractivity contribution in [2.45, 2.75) is 44.2 Å². The number of rotatable bonds is 3. The number of hydrogen-bond donors (Lipinski definition) is 3. The SMILES string of the molecule is NC(=O)c1cccc2c1NC1(CCCCC1)C(=NCc1cccc(Cl)c1)N2. The number of amides is 1. The van der Waals surface area contributed by atoms with Gasteiger partial charge < -0.3 is 16.4 Å². The number of anilines is 2. The summed E-state index contributed by atoms with van der Waals surface area (Å²) in [5.74, 6) is 0.503. The van der Waals surface area contributed by atoms with Crippen LogP contribution in [0.15, 0.2) is 47.5 Å². The topological polar surface area (TPSA) is 79.5 Å². The van der Waals surface area contributed by atoms with Crippen LogP contribution in [0.3, 0.4) is 0 Å². The van der Waals surface area contributed by atoms with Crippen molar-refractivity contribution in [3.8, 4) is 0 Å². The van der Waals surface area contributed by atoms with E-state index in [0.29, 0.717) is 17.1 Å². The van der Waals surface area contributed by atoms with Crippen molar-refractivity contribution in [3.05, 3.63) is 58.6 Å². The molecule has 2 aromatic rings. The van der Waals surface area contributed by atoms with E-state index in [9.17, 15) is 4.79 Å². The number of nitrogens with zero attached hydrogens (tertiary/aromatic N) is 1. The van der Waals surface area contributed by atoms with Crippen molar-refractivity contribution in [1.29, 1.82) is 0 Å². The molecular weight excluding hydrogens is 360 g/mol. The maximum atomic E-state index is 11.9. The Bertz CT molecular complexity index is 903. The van der Waals surface area contributed by atoms with Crippen molar-refractivity contribution in [2.24, 2.45) is 10.7 Å². The van der Waals surface area contributed by atoms with Crippen LogP contribution in [0.25, 0.3) is 0 Å². The highest BCUT2D eigenvalue weighted by molar-refractivity contribution is 6.30. The van der Waals surface area contributed by atoms with E-state index in [-0.39, 0.29) is 5.54 Å². The molecule has 2 aliphatic rings. The van der Waals surface area contributed by atoms with Crippen LogP contribution < -0.4 is 16.4 Å². The second kappa shape index (κ2) is 7.24. The van der Waals surface area contributed by atoms with E-state index in [0.717, 1.165) is 48.5 Å².